The van der Waals surface area contributed by atoms with Gasteiger partial charge in [-0.3, -0.25) is 0 Å². The van der Waals surface area contributed by atoms with Crippen LogP contribution >= 0.6 is 12.2 Å². The van der Waals surface area contributed by atoms with Gasteiger partial charge < -0.3 is 21.5 Å². The molecule has 0 bridgehead atoms. The average Bonchev–Trinajstić information content (AvgIpc) is 2.43. The lowest BCUT2D eigenvalue weighted by Crippen LogP contribution is -2.22. The third-order valence-electron chi connectivity index (χ3n) is 3.25. The minimum atomic E-state index is 0.187. The number of nitrogens with two attached hydrogens (primary N) is 1. The van der Waals surface area contributed by atoms with Crippen LogP contribution in [0, 0.1) is 12.8 Å². The molecule has 0 saturated heterocycles. The van der Waals surface area contributed by atoms with Crippen LogP contribution in [0.25, 0.3) is 0 Å². The molecular weight excluding hydrogens is 286 g/mol. The van der Waals surface area contributed by atoms with Crippen molar-refractivity contribution in [1.29, 1.82) is 0 Å². The van der Waals surface area contributed by atoms with E-state index in [2.05, 4.69) is 34.1 Å². The first-order chi connectivity index (χ1) is 10.0. The maximum Gasteiger partial charge on any atom is 0.222 e. The van der Waals surface area contributed by atoms with Gasteiger partial charge in [-0.25, -0.2) is 4.98 Å². The summed E-state index contributed by atoms with van der Waals surface area (Å²) in [6.07, 6.45) is 3.30. The van der Waals surface area contributed by atoms with Crippen molar-refractivity contribution >= 4 is 29.0 Å². The van der Waals surface area contributed by atoms with Crippen LogP contribution in [0.2, 0.25) is 0 Å². The number of nitrogen functional groups attached to an aromatic ring is 1. The molecule has 1 unspecified atom stereocenters. The Hall–Kier alpha value is -1.73. The number of thiocarbonyl (C=S) groups is 1. The zero-order chi connectivity index (χ0) is 15.8. The van der Waals surface area contributed by atoms with Gasteiger partial charge in [-0.2, -0.15) is 4.98 Å². The Balaban J connectivity index is 2.89. The summed E-state index contributed by atoms with van der Waals surface area (Å²) in [5, 5.41) is 15.3. The third kappa shape index (κ3) is 4.95. The number of aromatic nitrogens is 2. The molecule has 0 amide bonds. The number of hydrogen-bond donors (Lipinski definition) is 4. The number of aliphatic hydroxyl groups is 1. The minimum Gasteiger partial charge on any atom is -0.396 e. The Kier molecular flexibility index (Phi) is 7.04. The second-order valence-electron chi connectivity index (χ2n) is 4.74. The molecule has 0 aliphatic carbocycles. The van der Waals surface area contributed by atoms with E-state index in [-0.39, 0.29) is 18.5 Å². The lowest BCUT2D eigenvalue weighted by atomic mass is 10.0. The van der Waals surface area contributed by atoms with E-state index >= 15 is 0 Å². The molecule has 0 fully saturated rings. The number of aryl methyl sites for hydroxylation is 1. The Labute approximate surface area is 130 Å². The number of aliphatic hydroxyl groups excluding tert-OH is 1. The van der Waals surface area contributed by atoms with Gasteiger partial charge in [-0.1, -0.05) is 32.1 Å². The van der Waals surface area contributed by atoms with E-state index in [0.717, 1.165) is 18.4 Å². The normalized spacial score (nSPS) is 11.8. The number of rotatable bonds is 8. The zero-order valence-corrected chi connectivity index (χ0v) is 13.3. The Morgan fingerprint density at radius 2 is 2.24 bits per heavy atom. The first-order valence-electron chi connectivity index (χ1n) is 6.94. The predicted octanol–water partition coefficient (Wildman–Crippen LogP) is 1.60. The van der Waals surface area contributed by atoms with Crippen LogP contribution < -0.4 is 16.4 Å². The van der Waals surface area contributed by atoms with E-state index in [1.54, 1.807) is 0 Å². The average molecular weight is 309 g/mol. The molecule has 7 heteroatoms. The second kappa shape index (κ2) is 8.53. The quantitative estimate of drug-likeness (QED) is 0.542. The summed E-state index contributed by atoms with van der Waals surface area (Å²) >= 11 is 5.30. The highest BCUT2D eigenvalue weighted by atomic mass is 32.1. The standard InChI is InChI=1S/C14H23N5OS/c1-4-10(8-20)6-7-17-12-11(13(21)16-5-2)9(3)18-14(15)19-12/h5,10,20H,2,4,6-8H2,1,3H3,(H,16,21)(H3,15,17,18,19). The summed E-state index contributed by atoms with van der Waals surface area (Å²) in [6.45, 7) is 8.35. The van der Waals surface area contributed by atoms with E-state index in [4.69, 9.17) is 18.0 Å². The van der Waals surface area contributed by atoms with Gasteiger partial charge in [0, 0.05) is 13.2 Å². The summed E-state index contributed by atoms with van der Waals surface area (Å²) in [7, 11) is 0. The van der Waals surface area contributed by atoms with Crippen molar-refractivity contribution in [2.75, 3.05) is 24.2 Å². The molecule has 0 aliphatic heterocycles. The molecule has 1 rings (SSSR count). The van der Waals surface area contributed by atoms with Crippen molar-refractivity contribution in [2.24, 2.45) is 5.92 Å². The molecule has 1 aromatic rings. The van der Waals surface area contributed by atoms with E-state index < -0.39 is 0 Å². The largest absolute Gasteiger partial charge is 0.396 e. The smallest absolute Gasteiger partial charge is 0.222 e. The molecule has 0 saturated carbocycles. The Morgan fingerprint density at radius 3 is 2.81 bits per heavy atom. The molecular formula is C14H23N5OS. The van der Waals surface area contributed by atoms with Crippen LogP contribution in [0.4, 0.5) is 11.8 Å². The van der Waals surface area contributed by atoms with Crippen molar-refractivity contribution in [1.82, 2.24) is 15.3 Å². The number of nitrogens with zero attached hydrogens (tertiary/aromatic N) is 2. The summed E-state index contributed by atoms with van der Waals surface area (Å²) < 4.78 is 0. The highest BCUT2D eigenvalue weighted by Gasteiger charge is 2.15. The maximum atomic E-state index is 9.21. The highest BCUT2D eigenvalue weighted by molar-refractivity contribution is 7.80. The van der Waals surface area contributed by atoms with Gasteiger partial charge in [-0.05, 0) is 25.5 Å². The van der Waals surface area contributed by atoms with Crippen LogP contribution in [0.3, 0.4) is 0 Å². The van der Waals surface area contributed by atoms with Gasteiger partial charge in [0.1, 0.15) is 10.8 Å². The number of hydrogen-bond acceptors (Lipinski definition) is 6. The first kappa shape index (κ1) is 17.3. The summed E-state index contributed by atoms with van der Waals surface area (Å²) in [4.78, 5) is 8.85. The second-order valence-corrected chi connectivity index (χ2v) is 5.15. The van der Waals surface area contributed by atoms with Crippen LogP contribution in [0.5, 0.6) is 0 Å². The zero-order valence-electron chi connectivity index (χ0n) is 12.5. The third-order valence-corrected chi connectivity index (χ3v) is 3.57. The lowest BCUT2D eigenvalue weighted by Gasteiger charge is -2.16. The molecule has 1 aromatic heterocycles. The topological polar surface area (TPSA) is 96.1 Å². The molecule has 0 spiro atoms. The molecule has 0 radical (unpaired) electrons. The highest BCUT2D eigenvalue weighted by Crippen LogP contribution is 2.18. The minimum absolute atomic E-state index is 0.187. The Morgan fingerprint density at radius 1 is 1.52 bits per heavy atom. The fraction of sp³-hybridized carbons (Fsp3) is 0.500. The van der Waals surface area contributed by atoms with Crippen LogP contribution in [-0.4, -0.2) is 33.2 Å². The van der Waals surface area contributed by atoms with E-state index in [1.165, 1.54) is 6.20 Å². The Bertz CT molecular complexity index is 502. The molecule has 0 aliphatic rings. The van der Waals surface area contributed by atoms with Crippen LogP contribution in [0.1, 0.15) is 31.0 Å². The molecule has 116 valence electrons. The van der Waals surface area contributed by atoms with Crippen molar-refractivity contribution in [3.05, 3.63) is 24.0 Å². The monoisotopic (exact) mass is 309 g/mol. The first-order valence-corrected chi connectivity index (χ1v) is 7.34. The van der Waals surface area contributed by atoms with Gasteiger partial charge in [0.05, 0.1) is 11.3 Å². The van der Waals surface area contributed by atoms with E-state index in [1.807, 2.05) is 6.92 Å². The van der Waals surface area contributed by atoms with Gasteiger partial charge in [0.25, 0.3) is 0 Å². The van der Waals surface area contributed by atoms with E-state index in [9.17, 15) is 5.11 Å². The van der Waals surface area contributed by atoms with Crippen molar-refractivity contribution < 1.29 is 5.11 Å². The molecule has 1 heterocycles. The summed E-state index contributed by atoms with van der Waals surface area (Å²) in [6, 6.07) is 0. The van der Waals surface area contributed by atoms with Gasteiger partial charge in [0.15, 0.2) is 0 Å². The fourth-order valence-electron chi connectivity index (χ4n) is 1.98. The van der Waals surface area contributed by atoms with Crippen molar-refractivity contribution in [2.45, 2.75) is 26.7 Å². The summed E-state index contributed by atoms with van der Waals surface area (Å²) in [5.74, 6) is 1.08. The SMILES string of the molecule is C=CNC(=S)c1c(C)nc(N)nc1NCCC(CC)CO. The molecule has 0 aromatic carbocycles. The van der Waals surface area contributed by atoms with Crippen LogP contribution in [0.15, 0.2) is 12.8 Å². The number of anilines is 2. The van der Waals surface area contributed by atoms with Gasteiger partial charge in [-0.15, -0.1) is 0 Å². The van der Waals surface area contributed by atoms with E-state index in [0.29, 0.717) is 23.0 Å². The molecule has 21 heavy (non-hydrogen) atoms. The summed E-state index contributed by atoms with van der Waals surface area (Å²) in [5.41, 5.74) is 7.13. The fourth-order valence-corrected chi connectivity index (χ4v) is 2.31. The van der Waals surface area contributed by atoms with Crippen LogP contribution in [-0.2, 0) is 0 Å². The van der Waals surface area contributed by atoms with Gasteiger partial charge in [0.2, 0.25) is 5.95 Å². The predicted molar refractivity (Wildman–Crippen MR) is 90.2 cm³/mol. The lowest BCUT2D eigenvalue weighted by molar-refractivity contribution is 0.217. The molecule has 1 atom stereocenters. The van der Waals surface area contributed by atoms with Crippen molar-refractivity contribution in [3.63, 3.8) is 0 Å². The maximum absolute atomic E-state index is 9.21. The molecule has 5 N–H and O–H groups in total. The van der Waals surface area contributed by atoms with Crippen molar-refractivity contribution in [3.8, 4) is 0 Å². The van der Waals surface area contributed by atoms with Gasteiger partial charge >= 0.3 is 0 Å². The number of nitrogens with one attached hydrogen (secondary N) is 2. The molecule has 6 nitrogen and oxygen atoms in total.